The van der Waals surface area contributed by atoms with Gasteiger partial charge in [-0.25, -0.2) is 4.39 Å². The van der Waals surface area contributed by atoms with Gasteiger partial charge in [0.1, 0.15) is 5.82 Å². The maximum Gasteiger partial charge on any atom is 0.254 e. The van der Waals surface area contributed by atoms with Crippen molar-refractivity contribution in [2.24, 2.45) is 0 Å². The van der Waals surface area contributed by atoms with E-state index in [0.717, 1.165) is 10.6 Å². The van der Waals surface area contributed by atoms with Gasteiger partial charge in [0.15, 0.2) is 0 Å². The minimum Gasteiger partial charge on any atom is -0.351 e. The van der Waals surface area contributed by atoms with Crippen LogP contribution in [0.15, 0.2) is 57.9 Å². The van der Waals surface area contributed by atoms with Crippen molar-refractivity contribution in [3.8, 4) is 0 Å². The topological polar surface area (TPSA) is 29.1 Å². The van der Waals surface area contributed by atoms with Gasteiger partial charge in [-0.15, -0.1) is 11.8 Å². The van der Waals surface area contributed by atoms with Crippen LogP contribution < -0.4 is 5.32 Å². The van der Waals surface area contributed by atoms with Gasteiger partial charge in [0.2, 0.25) is 0 Å². The summed E-state index contributed by atoms with van der Waals surface area (Å²) in [5, 5.41) is 2.71. The number of benzene rings is 2. The van der Waals surface area contributed by atoms with E-state index in [1.807, 2.05) is 30.3 Å². The van der Waals surface area contributed by atoms with Gasteiger partial charge in [0.05, 0.1) is 5.56 Å². The van der Waals surface area contributed by atoms with Crippen molar-refractivity contribution >= 4 is 33.6 Å². The third-order valence-corrected chi connectivity index (χ3v) is 4.08. The minimum atomic E-state index is -0.521. The molecule has 0 saturated heterocycles. The lowest BCUT2D eigenvalue weighted by Gasteiger charge is -2.06. The summed E-state index contributed by atoms with van der Waals surface area (Å²) in [7, 11) is 0. The number of nitrogens with one attached hydrogen (secondary N) is 1. The fourth-order valence-corrected chi connectivity index (χ4v) is 2.74. The van der Waals surface area contributed by atoms with E-state index in [2.05, 4.69) is 21.2 Å². The first kappa shape index (κ1) is 15.1. The van der Waals surface area contributed by atoms with Gasteiger partial charge in [-0.3, -0.25) is 4.79 Å². The van der Waals surface area contributed by atoms with Gasteiger partial charge in [0, 0.05) is 21.7 Å². The highest BCUT2D eigenvalue weighted by Gasteiger charge is 2.10. The Balaban J connectivity index is 1.80. The molecule has 0 aliphatic rings. The van der Waals surface area contributed by atoms with Gasteiger partial charge >= 0.3 is 0 Å². The molecule has 0 unspecified atom stereocenters. The summed E-state index contributed by atoms with van der Waals surface area (Å²) in [6, 6.07) is 14.3. The molecular formula is C15H13BrFNOS. The Kier molecular flexibility index (Phi) is 5.61. The summed E-state index contributed by atoms with van der Waals surface area (Å²) < 4.78 is 14.2. The van der Waals surface area contributed by atoms with Crippen LogP contribution in [0.4, 0.5) is 4.39 Å². The lowest BCUT2D eigenvalue weighted by molar-refractivity contribution is 0.0952. The third kappa shape index (κ3) is 4.35. The predicted molar refractivity (Wildman–Crippen MR) is 83.6 cm³/mol. The van der Waals surface area contributed by atoms with Crippen molar-refractivity contribution in [3.63, 3.8) is 0 Å². The van der Waals surface area contributed by atoms with Gasteiger partial charge < -0.3 is 5.32 Å². The molecule has 0 aromatic heterocycles. The maximum absolute atomic E-state index is 13.6. The van der Waals surface area contributed by atoms with Gasteiger partial charge in [0.25, 0.3) is 5.91 Å². The Labute approximate surface area is 129 Å². The summed E-state index contributed by atoms with van der Waals surface area (Å²) in [4.78, 5) is 13.0. The Hall–Kier alpha value is -1.33. The molecular weight excluding hydrogens is 341 g/mol. The molecule has 20 heavy (non-hydrogen) atoms. The Morgan fingerprint density at radius 1 is 1.20 bits per heavy atom. The zero-order valence-electron chi connectivity index (χ0n) is 10.6. The standard InChI is InChI=1S/C15H13BrFNOS/c16-11-6-7-13(14(17)10-11)15(19)18-8-9-20-12-4-2-1-3-5-12/h1-7,10H,8-9H2,(H,18,19). The quantitative estimate of drug-likeness (QED) is 0.647. The van der Waals surface area contributed by atoms with Gasteiger partial charge in [-0.1, -0.05) is 34.1 Å². The number of carbonyl (C=O) groups excluding carboxylic acids is 1. The smallest absolute Gasteiger partial charge is 0.254 e. The SMILES string of the molecule is O=C(NCCSc1ccccc1)c1ccc(Br)cc1F. The second-order valence-corrected chi connectivity index (χ2v) is 6.13. The fourth-order valence-electron chi connectivity index (χ4n) is 1.62. The van der Waals surface area contributed by atoms with Crippen LogP contribution in [0.25, 0.3) is 0 Å². The number of carbonyl (C=O) groups is 1. The van der Waals surface area contributed by atoms with Crippen LogP contribution in [0.3, 0.4) is 0 Å². The number of thioether (sulfide) groups is 1. The second kappa shape index (κ2) is 7.45. The van der Waals surface area contributed by atoms with Crippen molar-refractivity contribution < 1.29 is 9.18 Å². The first-order valence-corrected chi connectivity index (χ1v) is 7.86. The molecule has 5 heteroatoms. The molecule has 0 spiro atoms. The Morgan fingerprint density at radius 2 is 1.95 bits per heavy atom. The van der Waals surface area contributed by atoms with E-state index < -0.39 is 5.82 Å². The summed E-state index contributed by atoms with van der Waals surface area (Å²) in [6.45, 7) is 0.494. The molecule has 2 rings (SSSR count). The number of hydrogen-bond acceptors (Lipinski definition) is 2. The molecule has 0 aliphatic heterocycles. The van der Waals surface area contributed by atoms with Crippen molar-refractivity contribution in [3.05, 3.63) is 64.4 Å². The van der Waals surface area contributed by atoms with E-state index in [1.165, 1.54) is 12.1 Å². The molecule has 0 bridgehead atoms. The van der Waals surface area contributed by atoms with Gasteiger partial charge in [-0.2, -0.15) is 0 Å². The molecule has 2 aromatic rings. The normalized spacial score (nSPS) is 10.3. The second-order valence-electron chi connectivity index (χ2n) is 4.04. The van der Waals surface area contributed by atoms with Gasteiger partial charge in [-0.05, 0) is 30.3 Å². The van der Waals surface area contributed by atoms with E-state index >= 15 is 0 Å². The van der Waals surface area contributed by atoms with Crippen molar-refractivity contribution in [1.29, 1.82) is 0 Å². The molecule has 104 valence electrons. The fraction of sp³-hybridized carbons (Fsp3) is 0.133. The number of hydrogen-bond donors (Lipinski definition) is 1. The molecule has 0 saturated carbocycles. The van der Waals surface area contributed by atoms with Crippen LogP contribution in [-0.4, -0.2) is 18.2 Å². The molecule has 0 radical (unpaired) electrons. The van der Waals surface area contributed by atoms with E-state index in [-0.39, 0.29) is 11.5 Å². The average molecular weight is 354 g/mol. The first-order valence-electron chi connectivity index (χ1n) is 6.08. The van der Waals surface area contributed by atoms with Crippen LogP contribution >= 0.6 is 27.7 Å². The summed E-state index contributed by atoms with van der Waals surface area (Å²) in [6.07, 6.45) is 0. The van der Waals surface area contributed by atoms with Crippen LogP contribution in [0.5, 0.6) is 0 Å². The minimum absolute atomic E-state index is 0.0675. The predicted octanol–water partition coefficient (Wildman–Crippen LogP) is 4.11. The summed E-state index contributed by atoms with van der Waals surface area (Å²) >= 11 is 4.81. The lowest BCUT2D eigenvalue weighted by atomic mass is 10.2. The molecule has 0 atom stereocenters. The van der Waals surface area contributed by atoms with Crippen LogP contribution in [-0.2, 0) is 0 Å². The molecule has 0 fully saturated rings. The zero-order valence-corrected chi connectivity index (χ0v) is 13.0. The van der Waals surface area contributed by atoms with Crippen LogP contribution in [0.1, 0.15) is 10.4 Å². The van der Waals surface area contributed by atoms with E-state index in [4.69, 9.17) is 0 Å². The molecule has 2 nitrogen and oxygen atoms in total. The van der Waals surface area contributed by atoms with Crippen LogP contribution in [0.2, 0.25) is 0 Å². The van der Waals surface area contributed by atoms with Crippen molar-refractivity contribution in [2.75, 3.05) is 12.3 Å². The number of halogens is 2. The van der Waals surface area contributed by atoms with Crippen molar-refractivity contribution in [1.82, 2.24) is 5.32 Å². The monoisotopic (exact) mass is 353 g/mol. The third-order valence-electron chi connectivity index (χ3n) is 2.58. The number of rotatable bonds is 5. The average Bonchev–Trinajstić information content (AvgIpc) is 2.44. The highest BCUT2D eigenvalue weighted by Crippen LogP contribution is 2.17. The van der Waals surface area contributed by atoms with E-state index in [9.17, 15) is 9.18 Å². The molecule has 1 N–H and O–H groups in total. The molecule has 2 aromatic carbocycles. The highest BCUT2D eigenvalue weighted by molar-refractivity contribution is 9.10. The van der Waals surface area contributed by atoms with Crippen LogP contribution in [0, 0.1) is 5.82 Å². The first-order chi connectivity index (χ1) is 9.66. The highest BCUT2D eigenvalue weighted by atomic mass is 79.9. The maximum atomic E-state index is 13.6. The molecule has 1 amide bonds. The zero-order chi connectivity index (χ0) is 14.4. The van der Waals surface area contributed by atoms with E-state index in [0.29, 0.717) is 11.0 Å². The van der Waals surface area contributed by atoms with Crippen molar-refractivity contribution in [2.45, 2.75) is 4.90 Å². The summed E-state index contributed by atoms with van der Waals surface area (Å²) in [5.41, 5.74) is 0.0675. The molecule has 0 aliphatic carbocycles. The molecule has 0 heterocycles. The Bertz CT molecular complexity index is 592. The summed E-state index contributed by atoms with van der Waals surface area (Å²) in [5.74, 6) is -0.162. The largest absolute Gasteiger partial charge is 0.351 e. The number of amides is 1. The lowest BCUT2D eigenvalue weighted by Crippen LogP contribution is -2.26. The Morgan fingerprint density at radius 3 is 2.65 bits per heavy atom. The van der Waals surface area contributed by atoms with E-state index in [1.54, 1.807) is 17.8 Å².